The van der Waals surface area contributed by atoms with Gasteiger partial charge in [0.1, 0.15) is 6.61 Å². The van der Waals surface area contributed by atoms with Crippen molar-refractivity contribution in [3.05, 3.63) is 70.2 Å². The summed E-state index contributed by atoms with van der Waals surface area (Å²) in [5, 5.41) is 6.54. The van der Waals surface area contributed by atoms with Crippen LogP contribution in [0.2, 0.25) is 0 Å². The number of amides is 1. The Labute approximate surface area is 157 Å². The summed E-state index contributed by atoms with van der Waals surface area (Å²) >= 11 is 3.51. The average molecular weight is 403 g/mol. The number of carbonyl (C=O) groups is 1. The third-order valence-corrected chi connectivity index (χ3v) is 5.00. The maximum absolute atomic E-state index is 11.8. The van der Waals surface area contributed by atoms with Crippen LogP contribution in [0.1, 0.15) is 36.9 Å². The highest BCUT2D eigenvalue weighted by molar-refractivity contribution is 9.10. The zero-order valence-corrected chi connectivity index (χ0v) is 15.8. The Bertz CT molecular complexity index is 702. The summed E-state index contributed by atoms with van der Waals surface area (Å²) in [6.45, 7) is 2.47. The molecule has 0 spiro atoms. The van der Waals surface area contributed by atoms with Crippen LogP contribution in [0, 0.1) is 0 Å². The van der Waals surface area contributed by atoms with Crippen LogP contribution < -0.4 is 10.6 Å². The number of carbonyl (C=O) groups excluding carboxylic acids is 1. The monoisotopic (exact) mass is 402 g/mol. The number of rotatable bonds is 6. The Kier molecular flexibility index (Phi) is 6.10. The van der Waals surface area contributed by atoms with E-state index >= 15 is 0 Å². The fourth-order valence-electron chi connectivity index (χ4n) is 3.03. The lowest BCUT2D eigenvalue weighted by Crippen LogP contribution is -2.52. The molecule has 2 aromatic rings. The van der Waals surface area contributed by atoms with Crippen LogP contribution in [0.5, 0.6) is 0 Å². The van der Waals surface area contributed by atoms with E-state index in [1.54, 1.807) is 0 Å². The number of ether oxygens (including phenoxy) is 1. The molecule has 0 bridgehead atoms. The van der Waals surface area contributed by atoms with Gasteiger partial charge in [0.05, 0.1) is 0 Å². The van der Waals surface area contributed by atoms with E-state index in [4.69, 9.17) is 4.74 Å². The lowest BCUT2D eigenvalue weighted by molar-refractivity contribution is 0.124. The molecular weight excluding hydrogens is 380 g/mol. The first-order valence-electron chi connectivity index (χ1n) is 8.59. The quantitative estimate of drug-likeness (QED) is 0.744. The molecule has 0 aromatic heterocycles. The number of alkyl carbamates (subject to hydrolysis) is 1. The molecule has 25 heavy (non-hydrogen) atoms. The van der Waals surface area contributed by atoms with Crippen molar-refractivity contribution in [1.82, 2.24) is 10.6 Å². The van der Waals surface area contributed by atoms with Crippen molar-refractivity contribution in [2.24, 2.45) is 0 Å². The Morgan fingerprint density at radius 1 is 1.16 bits per heavy atom. The van der Waals surface area contributed by atoms with Gasteiger partial charge in [-0.15, -0.1) is 0 Å². The molecule has 4 nitrogen and oxygen atoms in total. The molecule has 1 amide bonds. The Morgan fingerprint density at radius 3 is 2.64 bits per heavy atom. The Hall–Kier alpha value is -1.85. The third kappa shape index (κ3) is 5.31. The van der Waals surface area contributed by atoms with Crippen molar-refractivity contribution in [3.8, 4) is 0 Å². The van der Waals surface area contributed by atoms with Gasteiger partial charge < -0.3 is 15.4 Å². The standard InChI is InChI=1S/C20H23BrN2O2/c1-14(16-8-5-9-17(21)10-16)22-18-11-19(12-18)23-20(24)25-13-15-6-3-2-4-7-15/h2-10,14,18-19,22H,11-13H2,1H3,(H,23,24). The second-order valence-corrected chi connectivity index (χ2v) is 7.43. The number of hydrogen-bond acceptors (Lipinski definition) is 3. The summed E-state index contributed by atoms with van der Waals surface area (Å²) in [7, 11) is 0. The second kappa shape index (κ2) is 8.50. The predicted molar refractivity (Wildman–Crippen MR) is 102 cm³/mol. The maximum Gasteiger partial charge on any atom is 0.407 e. The first-order chi connectivity index (χ1) is 12.1. The van der Waals surface area contributed by atoms with Gasteiger partial charge >= 0.3 is 6.09 Å². The van der Waals surface area contributed by atoms with Gasteiger partial charge in [-0.3, -0.25) is 0 Å². The largest absolute Gasteiger partial charge is 0.445 e. The summed E-state index contributed by atoms with van der Waals surface area (Å²) in [6.07, 6.45) is 1.52. The summed E-state index contributed by atoms with van der Waals surface area (Å²) in [4.78, 5) is 11.8. The van der Waals surface area contributed by atoms with Gasteiger partial charge in [-0.05, 0) is 43.0 Å². The van der Waals surface area contributed by atoms with Gasteiger partial charge in [-0.2, -0.15) is 0 Å². The number of benzene rings is 2. The van der Waals surface area contributed by atoms with Crippen molar-refractivity contribution >= 4 is 22.0 Å². The van der Waals surface area contributed by atoms with Crippen LogP contribution in [-0.4, -0.2) is 18.2 Å². The van der Waals surface area contributed by atoms with Crippen molar-refractivity contribution in [3.63, 3.8) is 0 Å². The number of nitrogens with one attached hydrogen (secondary N) is 2. The molecule has 5 heteroatoms. The smallest absolute Gasteiger partial charge is 0.407 e. The lowest BCUT2D eigenvalue weighted by Gasteiger charge is -2.38. The highest BCUT2D eigenvalue weighted by Crippen LogP contribution is 2.25. The molecule has 3 rings (SSSR count). The molecule has 132 valence electrons. The van der Waals surface area contributed by atoms with E-state index in [1.165, 1.54) is 5.56 Å². The minimum Gasteiger partial charge on any atom is -0.445 e. The van der Waals surface area contributed by atoms with E-state index in [2.05, 4.69) is 45.6 Å². The van der Waals surface area contributed by atoms with Gasteiger partial charge in [-0.25, -0.2) is 4.79 Å². The second-order valence-electron chi connectivity index (χ2n) is 6.51. The van der Waals surface area contributed by atoms with Crippen molar-refractivity contribution in [2.75, 3.05) is 0 Å². The minimum absolute atomic E-state index is 0.190. The third-order valence-electron chi connectivity index (χ3n) is 4.51. The van der Waals surface area contributed by atoms with Crippen LogP contribution in [-0.2, 0) is 11.3 Å². The average Bonchev–Trinajstić information content (AvgIpc) is 2.59. The number of hydrogen-bond donors (Lipinski definition) is 2. The topological polar surface area (TPSA) is 50.4 Å². The first-order valence-corrected chi connectivity index (χ1v) is 9.38. The molecule has 1 saturated carbocycles. The molecule has 0 aliphatic heterocycles. The van der Waals surface area contributed by atoms with E-state index in [-0.39, 0.29) is 18.2 Å². The van der Waals surface area contributed by atoms with Gasteiger partial charge in [-0.1, -0.05) is 58.4 Å². The normalized spacial score (nSPS) is 20.4. The molecule has 1 atom stereocenters. The minimum atomic E-state index is -0.340. The molecule has 1 aliphatic rings. The van der Waals surface area contributed by atoms with E-state index in [0.717, 1.165) is 22.9 Å². The zero-order chi connectivity index (χ0) is 17.6. The molecule has 1 unspecified atom stereocenters. The van der Waals surface area contributed by atoms with Crippen LogP contribution in [0.3, 0.4) is 0 Å². The fourth-order valence-corrected chi connectivity index (χ4v) is 3.45. The molecule has 0 saturated heterocycles. The van der Waals surface area contributed by atoms with E-state index in [0.29, 0.717) is 12.6 Å². The molecule has 1 aliphatic carbocycles. The molecule has 1 fully saturated rings. The van der Waals surface area contributed by atoms with E-state index in [9.17, 15) is 4.79 Å². The Morgan fingerprint density at radius 2 is 1.92 bits per heavy atom. The summed E-state index contributed by atoms with van der Waals surface area (Å²) in [5.74, 6) is 0. The fraction of sp³-hybridized carbons (Fsp3) is 0.350. The zero-order valence-electron chi connectivity index (χ0n) is 14.2. The van der Waals surface area contributed by atoms with Crippen molar-refractivity contribution in [2.45, 2.75) is 44.5 Å². The van der Waals surface area contributed by atoms with Crippen LogP contribution >= 0.6 is 15.9 Å². The Balaban J connectivity index is 1.35. The van der Waals surface area contributed by atoms with Gasteiger partial charge in [0.15, 0.2) is 0 Å². The highest BCUT2D eigenvalue weighted by atomic mass is 79.9. The molecule has 2 N–H and O–H groups in total. The summed E-state index contributed by atoms with van der Waals surface area (Å²) in [6, 6.07) is 18.9. The first kappa shape index (κ1) is 18.0. The van der Waals surface area contributed by atoms with Crippen molar-refractivity contribution < 1.29 is 9.53 Å². The van der Waals surface area contributed by atoms with Crippen LogP contribution in [0.25, 0.3) is 0 Å². The molecule has 0 heterocycles. The SMILES string of the molecule is CC(NC1CC(NC(=O)OCc2ccccc2)C1)c1cccc(Br)c1. The predicted octanol–water partition coefficient (Wildman–Crippen LogP) is 4.56. The van der Waals surface area contributed by atoms with Gasteiger partial charge in [0.25, 0.3) is 0 Å². The van der Waals surface area contributed by atoms with Crippen molar-refractivity contribution in [1.29, 1.82) is 0 Å². The molecule has 0 radical (unpaired) electrons. The summed E-state index contributed by atoms with van der Waals surface area (Å²) < 4.78 is 6.35. The molecular formula is C20H23BrN2O2. The maximum atomic E-state index is 11.8. The number of halogens is 1. The van der Waals surface area contributed by atoms with Crippen LogP contribution in [0.4, 0.5) is 4.79 Å². The van der Waals surface area contributed by atoms with E-state index < -0.39 is 0 Å². The molecule has 2 aromatic carbocycles. The van der Waals surface area contributed by atoms with E-state index in [1.807, 2.05) is 42.5 Å². The van der Waals surface area contributed by atoms with Gasteiger partial charge in [0, 0.05) is 22.6 Å². The van der Waals surface area contributed by atoms with Gasteiger partial charge in [0.2, 0.25) is 0 Å². The summed E-state index contributed by atoms with van der Waals surface area (Å²) in [5.41, 5.74) is 2.25. The van der Waals surface area contributed by atoms with Crippen LogP contribution in [0.15, 0.2) is 59.1 Å². The lowest BCUT2D eigenvalue weighted by atomic mass is 9.86. The highest BCUT2D eigenvalue weighted by Gasteiger charge is 2.31.